The number of hydrogen-bond acceptors (Lipinski definition) is 3. The molecule has 16 heavy (non-hydrogen) atoms. The number of fused-ring (bicyclic) bond motifs is 1. The summed E-state index contributed by atoms with van der Waals surface area (Å²) in [5.41, 5.74) is 2.62. The van der Waals surface area contributed by atoms with Gasteiger partial charge in [-0.05, 0) is 19.8 Å². The lowest BCUT2D eigenvalue weighted by Gasteiger charge is -2.24. The van der Waals surface area contributed by atoms with Gasteiger partial charge in [0.1, 0.15) is 0 Å². The Hall–Kier alpha value is -0.870. The first-order valence-corrected chi connectivity index (χ1v) is 6.23. The van der Waals surface area contributed by atoms with E-state index in [9.17, 15) is 0 Å². The third-order valence-electron chi connectivity index (χ3n) is 3.76. The van der Waals surface area contributed by atoms with Crippen LogP contribution < -0.4 is 5.32 Å². The molecule has 0 saturated carbocycles. The van der Waals surface area contributed by atoms with Crippen LogP contribution in [-0.4, -0.2) is 28.8 Å². The van der Waals surface area contributed by atoms with Gasteiger partial charge in [-0.3, -0.25) is 0 Å². The molecule has 3 heterocycles. The van der Waals surface area contributed by atoms with E-state index in [1.165, 1.54) is 24.2 Å². The van der Waals surface area contributed by atoms with Gasteiger partial charge < -0.3 is 14.6 Å². The summed E-state index contributed by atoms with van der Waals surface area (Å²) < 4.78 is 8.09. The van der Waals surface area contributed by atoms with Gasteiger partial charge in [0.05, 0.1) is 24.2 Å². The summed E-state index contributed by atoms with van der Waals surface area (Å²) in [6.45, 7) is 5.16. The molecule has 0 spiro atoms. The Morgan fingerprint density at radius 3 is 3.38 bits per heavy atom. The second-order valence-corrected chi connectivity index (χ2v) is 4.76. The summed E-state index contributed by atoms with van der Waals surface area (Å²) in [4.78, 5) is 4.49. The molecule has 1 N–H and O–H groups in total. The molecule has 0 aromatic carbocycles. The molecule has 4 nitrogen and oxygen atoms in total. The van der Waals surface area contributed by atoms with Crippen molar-refractivity contribution < 1.29 is 4.74 Å². The van der Waals surface area contributed by atoms with Crippen molar-refractivity contribution in [2.24, 2.45) is 0 Å². The number of imidazole rings is 1. The Labute approximate surface area is 96.0 Å². The summed E-state index contributed by atoms with van der Waals surface area (Å²) in [6.07, 6.45) is 5.85. The molecule has 3 rings (SSSR count). The smallest absolute Gasteiger partial charge is 0.0955 e. The zero-order valence-corrected chi connectivity index (χ0v) is 9.78. The minimum atomic E-state index is 0.383. The van der Waals surface area contributed by atoms with Crippen molar-refractivity contribution in [3.8, 4) is 0 Å². The summed E-state index contributed by atoms with van der Waals surface area (Å²) >= 11 is 0. The van der Waals surface area contributed by atoms with Gasteiger partial charge in [0.2, 0.25) is 0 Å². The molecule has 0 radical (unpaired) electrons. The molecule has 0 aliphatic carbocycles. The van der Waals surface area contributed by atoms with Crippen LogP contribution in [0.5, 0.6) is 0 Å². The molecule has 1 aromatic rings. The molecular formula is C12H19N3O. The zero-order valence-electron chi connectivity index (χ0n) is 9.78. The number of nitrogens with zero attached hydrogens (tertiary/aromatic N) is 2. The molecule has 88 valence electrons. The lowest BCUT2D eigenvalue weighted by Crippen LogP contribution is -2.28. The lowest BCUT2D eigenvalue weighted by molar-refractivity contribution is 0.0722. The van der Waals surface area contributed by atoms with E-state index in [0.717, 1.165) is 26.1 Å². The van der Waals surface area contributed by atoms with Crippen molar-refractivity contribution >= 4 is 0 Å². The first-order valence-electron chi connectivity index (χ1n) is 6.23. The Morgan fingerprint density at radius 1 is 1.62 bits per heavy atom. The van der Waals surface area contributed by atoms with Gasteiger partial charge in [0.15, 0.2) is 0 Å². The molecular weight excluding hydrogens is 202 g/mol. The van der Waals surface area contributed by atoms with Gasteiger partial charge in [-0.15, -0.1) is 0 Å². The Kier molecular flexibility index (Phi) is 2.69. The maximum absolute atomic E-state index is 5.77. The fraction of sp³-hybridized carbons (Fsp3) is 0.750. The average molecular weight is 221 g/mol. The predicted molar refractivity (Wildman–Crippen MR) is 61.3 cm³/mol. The molecule has 2 aliphatic heterocycles. The van der Waals surface area contributed by atoms with Crippen molar-refractivity contribution in [3.05, 3.63) is 17.7 Å². The predicted octanol–water partition coefficient (Wildman–Crippen LogP) is 1.27. The van der Waals surface area contributed by atoms with Crippen LogP contribution in [0.25, 0.3) is 0 Å². The van der Waals surface area contributed by atoms with E-state index < -0.39 is 0 Å². The quantitative estimate of drug-likeness (QED) is 0.817. The van der Waals surface area contributed by atoms with E-state index in [1.807, 2.05) is 6.33 Å². The first-order chi connectivity index (χ1) is 7.86. The van der Waals surface area contributed by atoms with Gasteiger partial charge >= 0.3 is 0 Å². The molecule has 2 unspecified atom stereocenters. The zero-order chi connectivity index (χ0) is 11.0. The molecule has 1 saturated heterocycles. The largest absolute Gasteiger partial charge is 0.376 e. The Balaban J connectivity index is 1.85. The summed E-state index contributed by atoms with van der Waals surface area (Å²) in [5.74, 6) is 0. The van der Waals surface area contributed by atoms with Crippen LogP contribution >= 0.6 is 0 Å². The Morgan fingerprint density at radius 2 is 2.56 bits per heavy atom. The minimum Gasteiger partial charge on any atom is -0.376 e. The van der Waals surface area contributed by atoms with E-state index >= 15 is 0 Å². The maximum atomic E-state index is 5.77. The van der Waals surface area contributed by atoms with Gasteiger partial charge in [-0.2, -0.15) is 0 Å². The van der Waals surface area contributed by atoms with Gasteiger partial charge in [-0.25, -0.2) is 4.98 Å². The molecule has 0 amide bonds. The van der Waals surface area contributed by atoms with Crippen LogP contribution in [0.4, 0.5) is 0 Å². The average Bonchev–Trinajstić information content (AvgIpc) is 2.98. The van der Waals surface area contributed by atoms with Crippen LogP contribution in [0.3, 0.4) is 0 Å². The number of aromatic nitrogens is 2. The van der Waals surface area contributed by atoms with Gasteiger partial charge in [0, 0.05) is 31.8 Å². The SMILES string of the molecule is CC(C1CCCO1)n1cnc2c1CCNC2. The Bertz CT molecular complexity index is 368. The number of rotatable bonds is 2. The van der Waals surface area contributed by atoms with Crippen LogP contribution in [-0.2, 0) is 17.7 Å². The van der Waals surface area contributed by atoms with Crippen molar-refractivity contribution in [2.75, 3.05) is 13.2 Å². The molecule has 4 heteroatoms. The van der Waals surface area contributed by atoms with Crippen molar-refractivity contribution in [2.45, 2.75) is 44.9 Å². The van der Waals surface area contributed by atoms with E-state index in [-0.39, 0.29) is 0 Å². The molecule has 2 atom stereocenters. The third-order valence-corrected chi connectivity index (χ3v) is 3.76. The fourth-order valence-corrected chi connectivity index (χ4v) is 2.77. The van der Waals surface area contributed by atoms with E-state index in [0.29, 0.717) is 12.1 Å². The monoisotopic (exact) mass is 221 g/mol. The molecule has 2 aliphatic rings. The summed E-state index contributed by atoms with van der Waals surface area (Å²) in [5, 5.41) is 3.36. The number of hydrogen-bond donors (Lipinski definition) is 1. The second kappa shape index (κ2) is 4.18. The highest BCUT2D eigenvalue weighted by Gasteiger charge is 2.26. The van der Waals surface area contributed by atoms with E-state index in [1.54, 1.807) is 0 Å². The molecule has 1 fully saturated rings. The fourth-order valence-electron chi connectivity index (χ4n) is 2.77. The summed E-state index contributed by atoms with van der Waals surface area (Å²) in [7, 11) is 0. The maximum Gasteiger partial charge on any atom is 0.0955 e. The molecule has 1 aromatic heterocycles. The van der Waals surface area contributed by atoms with Crippen LogP contribution in [0, 0.1) is 0 Å². The summed E-state index contributed by atoms with van der Waals surface area (Å²) in [6, 6.07) is 0.428. The normalized spacial score (nSPS) is 26.7. The van der Waals surface area contributed by atoms with Crippen LogP contribution in [0.2, 0.25) is 0 Å². The highest BCUT2D eigenvalue weighted by atomic mass is 16.5. The van der Waals surface area contributed by atoms with E-state index in [4.69, 9.17) is 4.74 Å². The lowest BCUT2D eigenvalue weighted by atomic mass is 10.1. The third kappa shape index (κ3) is 1.66. The number of ether oxygens (including phenoxy) is 1. The molecule has 0 bridgehead atoms. The van der Waals surface area contributed by atoms with Crippen molar-refractivity contribution in [3.63, 3.8) is 0 Å². The van der Waals surface area contributed by atoms with E-state index in [2.05, 4.69) is 21.8 Å². The van der Waals surface area contributed by atoms with Gasteiger partial charge in [0.25, 0.3) is 0 Å². The number of nitrogens with one attached hydrogen (secondary N) is 1. The second-order valence-electron chi connectivity index (χ2n) is 4.76. The highest BCUT2D eigenvalue weighted by molar-refractivity contribution is 5.17. The van der Waals surface area contributed by atoms with Crippen LogP contribution in [0.15, 0.2) is 6.33 Å². The van der Waals surface area contributed by atoms with Crippen molar-refractivity contribution in [1.29, 1.82) is 0 Å². The van der Waals surface area contributed by atoms with Crippen LogP contribution in [0.1, 0.15) is 37.2 Å². The standard InChI is InChI=1S/C12H19N3O/c1-9(12-3-2-6-16-12)15-8-14-10-7-13-5-4-11(10)15/h8-9,12-13H,2-7H2,1H3. The minimum absolute atomic E-state index is 0.383. The van der Waals surface area contributed by atoms with Gasteiger partial charge in [-0.1, -0.05) is 0 Å². The first kappa shape index (κ1) is 10.3. The van der Waals surface area contributed by atoms with Crippen molar-refractivity contribution in [1.82, 2.24) is 14.9 Å². The highest BCUT2D eigenvalue weighted by Crippen LogP contribution is 2.26. The topological polar surface area (TPSA) is 39.1 Å².